The predicted molar refractivity (Wildman–Crippen MR) is 97.8 cm³/mol. The molecule has 0 saturated carbocycles. The Labute approximate surface area is 144 Å². The van der Waals surface area contributed by atoms with Gasteiger partial charge in [-0.25, -0.2) is 4.98 Å². The van der Waals surface area contributed by atoms with Gasteiger partial charge < -0.3 is 9.30 Å². The zero-order valence-corrected chi connectivity index (χ0v) is 16.5. The maximum Gasteiger partial charge on any atom is 0.179 e. The minimum absolute atomic E-state index is 0.531. The van der Waals surface area contributed by atoms with Gasteiger partial charge >= 0.3 is 0 Å². The van der Waals surface area contributed by atoms with Crippen LogP contribution in [0.25, 0.3) is 16.8 Å². The summed E-state index contributed by atoms with van der Waals surface area (Å²) in [5.41, 5.74) is 2.74. The molecule has 0 atom stereocenters. The van der Waals surface area contributed by atoms with Gasteiger partial charge in [-0.15, -0.1) is 10.2 Å². The monoisotopic (exact) mass is 429 g/mol. The number of fused-ring (bicyclic) bond motifs is 3. The van der Waals surface area contributed by atoms with E-state index in [-0.39, 0.29) is 0 Å². The number of aryl methyl sites for hydroxylation is 1. The molecule has 0 fully saturated rings. The number of nitrogens with zero attached hydrogens (tertiary/aromatic N) is 5. The Morgan fingerprint density at radius 2 is 2.05 bits per heavy atom. The molecule has 0 aliphatic carbocycles. The van der Waals surface area contributed by atoms with Crippen LogP contribution in [0.5, 0.6) is 0 Å². The summed E-state index contributed by atoms with van der Waals surface area (Å²) in [5.74, 6) is 0.873. The van der Waals surface area contributed by atoms with E-state index in [1.165, 1.54) is 6.04 Å². The number of rotatable bonds is 5. The van der Waals surface area contributed by atoms with Gasteiger partial charge in [-0.3, -0.25) is 4.40 Å². The molecule has 0 unspecified atom stereocenters. The van der Waals surface area contributed by atoms with Crippen molar-refractivity contribution in [3.05, 3.63) is 21.8 Å². The summed E-state index contributed by atoms with van der Waals surface area (Å²) < 4.78 is 11.1. The highest BCUT2D eigenvalue weighted by Crippen LogP contribution is 2.23. The number of hydrogen-bond donors (Lipinski definition) is 0. The minimum atomic E-state index is -1.05. The van der Waals surface area contributed by atoms with Crippen molar-refractivity contribution < 1.29 is 4.74 Å². The molecule has 0 N–H and O–H groups in total. The Bertz CT molecular complexity index is 820. The first-order valence-electron chi connectivity index (χ1n) is 7.30. The zero-order valence-electron chi connectivity index (χ0n) is 13.3. The zero-order chi connectivity index (χ0) is 15.9. The normalized spacial score (nSPS) is 12.6. The van der Waals surface area contributed by atoms with Crippen LogP contribution in [0.3, 0.4) is 0 Å². The third-order valence-corrected chi connectivity index (χ3v) is 6.08. The summed E-state index contributed by atoms with van der Waals surface area (Å²) in [6, 6.07) is 1.17. The van der Waals surface area contributed by atoms with Gasteiger partial charge in [0.25, 0.3) is 0 Å². The highest BCUT2D eigenvalue weighted by atomic mass is 127. The van der Waals surface area contributed by atoms with E-state index in [1.807, 2.05) is 11.3 Å². The first-order valence-corrected chi connectivity index (χ1v) is 12.1. The Hall–Kier alpha value is -1.00. The third-order valence-electron chi connectivity index (χ3n) is 3.58. The smallest absolute Gasteiger partial charge is 0.179 e. The molecular formula is C14H20IN5OSi. The number of halogens is 1. The molecule has 0 aromatic carbocycles. The molecule has 0 saturated heterocycles. The fraction of sp³-hybridized carbons (Fsp3) is 0.500. The average Bonchev–Trinajstić information content (AvgIpc) is 2.96. The molecule has 8 heteroatoms. The van der Waals surface area contributed by atoms with E-state index in [9.17, 15) is 0 Å². The molecule has 0 aliphatic heterocycles. The van der Waals surface area contributed by atoms with Crippen LogP contribution >= 0.6 is 22.6 Å². The van der Waals surface area contributed by atoms with Crippen LogP contribution in [0.1, 0.15) is 5.82 Å². The first kappa shape index (κ1) is 15.9. The van der Waals surface area contributed by atoms with Gasteiger partial charge in [0, 0.05) is 20.9 Å². The lowest BCUT2D eigenvalue weighted by atomic mass is 10.5. The number of aromatic nitrogens is 5. The number of ether oxygens (including phenoxy) is 1. The summed E-state index contributed by atoms with van der Waals surface area (Å²) in [4.78, 5) is 4.53. The summed E-state index contributed by atoms with van der Waals surface area (Å²) in [6.07, 6.45) is 3.84. The van der Waals surface area contributed by atoms with Gasteiger partial charge in [0.05, 0.1) is 9.77 Å². The van der Waals surface area contributed by atoms with Gasteiger partial charge in [-0.05, 0) is 35.6 Å². The van der Waals surface area contributed by atoms with Gasteiger partial charge in [-0.2, -0.15) is 0 Å². The second kappa shape index (κ2) is 5.89. The van der Waals surface area contributed by atoms with Crippen molar-refractivity contribution in [3.8, 4) is 0 Å². The highest BCUT2D eigenvalue weighted by Gasteiger charge is 2.15. The first-order chi connectivity index (χ1) is 10.4. The van der Waals surface area contributed by atoms with Crippen LogP contribution in [-0.2, 0) is 11.5 Å². The molecule has 3 heterocycles. The van der Waals surface area contributed by atoms with E-state index in [4.69, 9.17) is 4.74 Å². The van der Waals surface area contributed by atoms with Crippen molar-refractivity contribution >= 4 is 47.5 Å². The predicted octanol–water partition coefficient (Wildman–Crippen LogP) is 3.30. The second-order valence-electron chi connectivity index (χ2n) is 6.67. The SMILES string of the molecule is Cc1nnc2cnc3c(c(I)cn3COCC[Si](C)(C)C)n12. The quantitative estimate of drug-likeness (QED) is 0.355. The summed E-state index contributed by atoms with van der Waals surface area (Å²) in [6.45, 7) is 10.4. The van der Waals surface area contributed by atoms with Crippen molar-refractivity contribution in [2.24, 2.45) is 0 Å². The largest absolute Gasteiger partial charge is 0.361 e. The van der Waals surface area contributed by atoms with Crippen LogP contribution in [0.2, 0.25) is 25.7 Å². The van der Waals surface area contributed by atoms with Crippen LogP contribution in [0.15, 0.2) is 12.4 Å². The van der Waals surface area contributed by atoms with Gasteiger partial charge in [0.1, 0.15) is 18.1 Å². The average molecular weight is 429 g/mol. The molecule has 3 rings (SSSR count). The fourth-order valence-electron chi connectivity index (χ4n) is 2.34. The summed E-state index contributed by atoms with van der Waals surface area (Å²) in [5, 5.41) is 8.26. The van der Waals surface area contributed by atoms with Gasteiger partial charge in [0.2, 0.25) is 0 Å². The van der Waals surface area contributed by atoms with E-state index >= 15 is 0 Å². The van der Waals surface area contributed by atoms with E-state index < -0.39 is 8.07 Å². The molecule has 0 spiro atoms. The Kier molecular flexibility index (Phi) is 4.25. The van der Waals surface area contributed by atoms with Crippen LogP contribution in [0.4, 0.5) is 0 Å². The molecule has 6 nitrogen and oxygen atoms in total. The molecule has 0 amide bonds. The molecule has 118 valence electrons. The highest BCUT2D eigenvalue weighted by molar-refractivity contribution is 14.1. The van der Waals surface area contributed by atoms with E-state index in [0.717, 1.165) is 32.8 Å². The van der Waals surface area contributed by atoms with E-state index in [0.29, 0.717) is 6.73 Å². The lowest BCUT2D eigenvalue weighted by molar-refractivity contribution is 0.0898. The minimum Gasteiger partial charge on any atom is -0.361 e. The Balaban J connectivity index is 1.88. The van der Waals surface area contributed by atoms with Crippen molar-refractivity contribution in [3.63, 3.8) is 0 Å². The number of hydrogen-bond acceptors (Lipinski definition) is 4. The fourth-order valence-corrected chi connectivity index (χ4v) is 3.92. The van der Waals surface area contributed by atoms with E-state index in [2.05, 4.69) is 68.2 Å². The van der Waals surface area contributed by atoms with E-state index in [1.54, 1.807) is 6.20 Å². The van der Waals surface area contributed by atoms with Crippen molar-refractivity contribution in [2.75, 3.05) is 6.61 Å². The maximum atomic E-state index is 5.85. The van der Waals surface area contributed by atoms with Crippen LogP contribution in [-0.4, -0.2) is 38.8 Å². The molecule has 3 aromatic rings. The van der Waals surface area contributed by atoms with Crippen molar-refractivity contribution in [1.82, 2.24) is 24.1 Å². The van der Waals surface area contributed by atoms with Crippen LogP contribution < -0.4 is 0 Å². The van der Waals surface area contributed by atoms with Crippen molar-refractivity contribution in [1.29, 1.82) is 0 Å². The molecule has 0 radical (unpaired) electrons. The maximum absolute atomic E-state index is 5.85. The molecule has 0 bridgehead atoms. The Morgan fingerprint density at radius 1 is 1.27 bits per heavy atom. The Morgan fingerprint density at radius 3 is 2.77 bits per heavy atom. The third kappa shape index (κ3) is 3.04. The summed E-state index contributed by atoms with van der Waals surface area (Å²) >= 11 is 2.33. The topological polar surface area (TPSA) is 57.2 Å². The summed E-state index contributed by atoms with van der Waals surface area (Å²) in [7, 11) is -1.05. The molecule has 3 aromatic heterocycles. The lowest BCUT2D eigenvalue weighted by Crippen LogP contribution is -2.22. The van der Waals surface area contributed by atoms with Gasteiger partial charge in [0.15, 0.2) is 11.3 Å². The molecular weight excluding hydrogens is 409 g/mol. The molecule has 0 aliphatic rings. The lowest BCUT2D eigenvalue weighted by Gasteiger charge is -2.15. The van der Waals surface area contributed by atoms with Gasteiger partial charge in [-0.1, -0.05) is 19.6 Å². The molecule has 22 heavy (non-hydrogen) atoms. The standard InChI is InChI=1S/C14H20IN5OSi/c1-10-17-18-12-7-16-14-13(20(10)12)11(15)8-19(14)9-21-5-6-22(2,3)4/h7-8H,5-6,9H2,1-4H3. The second-order valence-corrected chi connectivity index (χ2v) is 13.4. The van der Waals surface area contributed by atoms with Crippen LogP contribution in [0, 0.1) is 10.5 Å². The van der Waals surface area contributed by atoms with Crippen molar-refractivity contribution in [2.45, 2.75) is 39.3 Å².